The molecule has 2 aromatic carbocycles. The molecule has 5 heterocycles. The van der Waals surface area contributed by atoms with E-state index < -0.39 is 11.9 Å². The summed E-state index contributed by atoms with van der Waals surface area (Å²) < 4.78 is 6.66. The number of carbonyl (C=O) groups is 4. The predicted molar refractivity (Wildman–Crippen MR) is 218 cm³/mol. The van der Waals surface area contributed by atoms with Gasteiger partial charge in [0.2, 0.25) is 11.8 Å². The Balaban J connectivity index is 0.716. The van der Waals surface area contributed by atoms with Gasteiger partial charge in [0.1, 0.15) is 23.3 Å². The lowest BCUT2D eigenvalue weighted by Crippen LogP contribution is -2.63. The van der Waals surface area contributed by atoms with Gasteiger partial charge < -0.3 is 20.3 Å². The largest absolute Gasteiger partial charge is 0.494 e. The summed E-state index contributed by atoms with van der Waals surface area (Å²) in [6, 6.07) is 10.5. The van der Waals surface area contributed by atoms with Gasteiger partial charge in [0.05, 0.1) is 33.6 Å². The van der Waals surface area contributed by atoms with Gasteiger partial charge in [-0.15, -0.1) is 11.3 Å². The van der Waals surface area contributed by atoms with E-state index in [9.17, 15) is 19.2 Å². The highest BCUT2D eigenvalue weighted by molar-refractivity contribution is 7.18. The van der Waals surface area contributed by atoms with Crippen LogP contribution in [0.2, 0.25) is 0 Å². The number of hydrogen-bond donors (Lipinski definition) is 3. The summed E-state index contributed by atoms with van der Waals surface area (Å²) in [5, 5.41) is 10.0. The zero-order valence-corrected chi connectivity index (χ0v) is 33.3. The Hall–Kier alpha value is -5.21. The summed E-state index contributed by atoms with van der Waals surface area (Å²) in [5.74, 6) is 1.69. The summed E-state index contributed by atoms with van der Waals surface area (Å²) in [7, 11) is 1.60. The third-order valence-corrected chi connectivity index (χ3v) is 13.9. The SMILES string of the molecule is C=C1c2cccc(NCCC3CC4(C3)CN(C[C@H]3CC[C@H](c5nc6cc(OC)c(NC(=O)c7ccnc(C)n7)cc6s5)CC3)C4)c2C(=O)N1C1CCC(=O)NC1=O. The van der Waals surface area contributed by atoms with Crippen LogP contribution in [0.25, 0.3) is 15.9 Å². The second-order valence-corrected chi connectivity index (χ2v) is 17.8. The first-order valence-electron chi connectivity index (χ1n) is 20.1. The molecule has 1 spiro atoms. The van der Waals surface area contributed by atoms with Crippen molar-refractivity contribution in [2.75, 3.05) is 43.9 Å². The second-order valence-electron chi connectivity index (χ2n) is 16.7. The smallest absolute Gasteiger partial charge is 0.274 e. The Morgan fingerprint density at radius 3 is 2.60 bits per heavy atom. The quantitative estimate of drug-likeness (QED) is 0.146. The van der Waals surface area contributed by atoms with Crippen LogP contribution in [-0.2, 0) is 9.59 Å². The fourth-order valence-corrected chi connectivity index (χ4v) is 11.2. The third-order valence-electron chi connectivity index (χ3n) is 12.7. The van der Waals surface area contributed by atoms with Crippen LogP contribution in [0.5, 0.6) is 5.75 Å². The van der Waals surface area contributed by atoms with Crippen LogP contribution in [0.15, 0.2) is 49.2 Å². The zero-order chi connectivity index (χ0) is 39.4. The van der Waals surface area contributed by atoms with Crippen molar-refractivity contribution in [3.05, 3.63) is 76.8 Å². The maximum Gasteiger partial charge on any atom is 0.274 e. The Morgan fingerprint density at radius 1 is 1.04 bits per heavy atom. The molecule has 2 saturated heterocycles. The molecule has 3 aliphatic heterocycles. The molecule has 2 aliphatic carbocycles. The monoisotopic (exact) mass is 788 g/mol. The van der Waals surface area contributed by atoms with Crippen molar-refractivity contribution in [3.63, 3.8) is 0 Å². The van der Waals surface area contributed by atoms with Crippen molar-refractivity contribution in [1.82, 2.24) is 30.1 Å². The summed E-state index contributed by atoms with van der Waals surface area (Å²) in [6.07, 6.45) is 10.4. The molecule has 2 saturated carbocycles. The number of aryl methyl sites for hydroxylation is 1. The fourth-order valence-electron chi connectivity index (χ4n) is 10.0. The predicted octanol–water partition coefficient (Wildman–Crippen LogP) is 6.38. The van der Waals surface area contributed by atoms with E-state index in [0.29, 0.717) is 57.9 Å². The lowest BCUT2D eigenvalue weighted by atomic mass is 9.57. The highest BCUT2D eigenvalue weighted by atomic mass is 32.1. The van der Waals surface area contributed by atoms with Gasteiger partial charge in [0.25, 0.3) is 11.8 Å². The Bertz CT molecular complexity index is 2290. The van der Waals surface area contributed by atoms with E-state index in [0.717, 1.165) is 53.2 Å². The van der Waals surface area contributed by atoms with Crippen molar-refractivity contribution < 1.29 is 23.9 Å². The van der Waals surface area contributed by atoms with Crippen LogP contribution in [-0.4, -0.2) is 87.7 Å². The molecule has 1 unspecified atom stereocenters. The number of likely N-dealkylation sites (tertiary alicyclic amines) is 1. The van der Waals surface area contributed by atoms with Gasteiger partial charge in [-0.3, -0.25) is 29.4 Å². The average molecular weight is 789 g/mol. The normalized spacial score (nSPS) is 23.3. The molecule has 296 valence electrons. The van der Waals surface area contributed by atoms with Gasteiger partial charge in [0.15, 0.2) is 0 Å². The van der Waals surface area contributed by atoms with Crippen LogP contribution in [0, 0.1) is 24.2 Å². The third kappa shape index (κ3) is 7.18. The van der Waals surface area contributed by atoms with E-state index in [-0.39, 0.29) is 24.1 Å². The Labute approximate surface area is 335 Å². The van der Waals surface area contributed by atoms with Crippen molar-refractivity contribution in [1.29, 1.82) is 0 Å². The number of hydrogen-bond acceptors (Lipinski definition) is 11. The molecule has 0 bridgehead atoms. The topological polar surface area (TPSA) is 159 Å². The number of rotatable bonds is 11. The molecule has 2 aromatic heterocycles. The molecule has 1 atom stereocenters. The summed E-state index contributed by atoms with van der Waals surface area (Å²) >= 11 is 1.72. The van der Waals surface area contributed by atoms with Crippen LogP contribution in [0.1, 0.15) is 101 Å². The van der Waals surface area contributed by atoms with Crippen LogP contribution >= 0.6 is 11.3 Å². The highest BCUT2D eigenvalue weighted by Gasteiger charge is 2.52. The van der Waals surface area contributed by atoms with Crippen LogP contribution < -0.4 is 20.7 Å². The van der Waals surface area contributed by atoms with Crippen LogP contribution in [0.3, 0.4) is 0 Å². The molecule has 3 N–H and O–H groups in total. The molecule has 0 radical (unpaired) electrons. The fraction of sp³-hybridized carbons (Fsp3) is 0.465. The first-order chi connectivity index (χ1) is 27.6. The number of anilines is 2. The second kappa shape index (κ2) is 14.9. The maximum atomic E-state index is 13.6. The first-order valence-corrected chi connectivity index (χ1v) is 20.9. The number of ether oxygens (including phenoxy) is 1. The van der Waals surface area contributed by atoms with Crippen molar-refractivity contribution in [2.24, 2.45) is 17.3 Å². The van der Waals surface area contributed by atoms with E-state index in [1.54, 1.807) is 37.6 Å². The number of thiazole rings is 1. The number of aromatic nitrogens is 3. The van der Waals surface area contributed by atoms with Crippen LogP contribution in [0.4, 0.5) is 11.4 Å². The van der Waals surface area contributed by atoms with Gasteiger partial charge in [-0.05, 0) is 93.7 Å². The molecule has 4 aromatic rings. The van der Waals surface area contributed by atoms with Gasteiger partial charge in [-0.1, -0.05) is 18.7 Å². The minimum absolute atomic E-state index is 0.208. The van der Waals surface area contributed by atoms with Crippen molar-refractivity contribution >= 4 is 62.3 Å². The van der Waals surface area contributed by atoms with E-state index in [1.165, 1.54) is 55.2 Å². The summed E-state index contributed by atoms with van der Waals surface area (Å²) in [4.78, 5) is 68.2. The van der Waals surface area contributed by atoms with E-state index in [1.807, 2.05) is 30.3 Å². The number of nitrogens with zero attached hydrogens (tertiary/aromatic N) is 5. The number of imide groups is 1. The number of amides is 4. The number of nitrogens with one attached hydrogen (secondary N) is 3. The van der Waals surface area contributed by atoms with E-state index >= 15 is 0 Å². The zero-order valence-electron chi connectivity index (χ0n) is 32.4. The lowest BCUT2D eigenvalue weighted by Gasteiger charge is -2.60. The molecule has 9 rings (SSSR count). The number of carbonyl (C=O) groups excluding carboxylic acids is 4. The number of benzene rings is 2. The highest BCUT2D eigenvalue weighted by Crippen LogP contribution is 2.53. The molecular formula is C43H48N8O5S. The standard InChI is InChI=1S/C43H48N8O5S/c1-24-29-5-4-6-30(38(29)42(55)51(24)34-11-12-37(52)49-40(34)54)45-15-13-27-19-43(20-27)22-50(23-43)21-26-7-9-28(10-8-26)41-48-33-17-35(56-3)32(18-36(33)57-41)47-39(53)31-14-16-44-25(2)46-31/h4-6,14,16-18,26-28,34,45H,1,7-13,15,19-23H2,2-3H3,(H,47,53)(H,49,52,54)/t26-,28-,34?. The number of fused-ring (bicyclic) bond motifs is 2. The van der Waals surface area contributed by atoms with Gasteiger partial charge in [-0.25, -0.2) is 15.0 Å². The Kier molecular flexibility index (Phi) is 9.80. The molecule has 14 heteroatoms. The number of methoxy groups -OCH3 is 1. The minimum atomic E-state index is -0.721. The summed E-state index contributed by atoms with van der Waals surface area (Å²) in [6.45, 7) is 10.3. The van der Waals surface area contributed by atoms with Gasteiger partial charge in [0, 0.05) is 67.7 Å². The molecule has 4 fully saturated rings. The van der Waals surface area contributed by atoms with Crippen molar-refractivity contribution in [2.45, 2.75) is 76.7 Å². The summed E-state index contributed by atoms with van der Waals surface area (Å²) in [5.41, 5.74) is 4.88. The van der Waals surface area contributed by atoms with Crippen molar-refractivity contribution in [3.8, 4) is 5.75 Å². The van der Waals surface area contributed by atoms with Gasteiger partial charge in [-0.2, -0.15) is 0 Å². The maximum absolute atomic E-state index is 13.6. The van der Waals surface area contributed by atoms with E-state index in [2.05, 4.69) is 37.4 Å². The number of piperidine rings is 1. The molecule has 13 nitrogen and oxygen atoms in total. The minimum Gasteiger partial charge on any atom is -0.494 e. The molecule has 4 amide bonds. The molecule has 5 aliphatic rings. The van der Waals surface area contributed by atoms with E-state index in [4.69, 9.17) is 9.72 Å². The molecular weight excluding hydrogens is 741 g/mol. The lowest BCUT2D eigenvalue weighted by molar-refractivity contribution is -0.136. The first kappa shape index (κ1) is 37.4. The molecule has 57 heavy (non-hydrogen) atoms. The average Bonchev–Trinajstić information content (AvgIpc) is 3.70. The van der Waals surface area contributed by atoms with Gasteiger partial charge >= 0.3 is 0 Å². The Morgan fingerprint density at radius 2 is 1.84 bits per heavy atom.